The van der Waals surface area contributed by atoms with Gasteiger partial charge in [0.25, 0.3) is 17.3 Å². The smallest absolute Gasteiger partial charge is 0.345 e. The molecule has 0 bridgehead atoms. The lowest BCUT2D eigenvalue weighted by Gasteiger charge is -2.08. The summed E-state index contributed by atoms with van der Waals surface area (Å²) in [5, 5.41) is 24.1. The normalized spacial score (nSPS) is 11.6. The van der Waals surface area contributed by atoms with Crippen LogP contribution in [0.3, 0.4) is 0 Å². The molecule has 0 radical (unpaired) electrons. The van der Waals surface area contributed by atoms with Crippen molar-refractivity contribution in [2.45, 2.75) is 0 Å². The number of nitro benzene ring substituents is 2. The van der Waals surface area contributed by atoms with Gasteiger partial charge in [-0.05, 0) is 6.07 Å². The number of benzene rings is 2. The Morgan fingerprint density at radius 2 is 1.79 bits per heavy atom. The SMILES string of the molecule is O=C(COC(=O)c1cc2c(cc1[N+](=O)[O-])OCO2)Nc1ccc([N+](=O)[O-])cc1Cl. The van der Waals surface area contributed by atoms with Gasteiger partial charge in [-0.2, -0.15) is 0 Å². The molecule has 1 aliphatic rings. The Labute approximate surface area is 166 Å². The van der Waals surface area contributed by atoms with Gasteiger partial charge in [0.15, 0.2) is 18.1 Å². The number of hydrogen-bond donors (Lipinski definition) is 1. The molecule has 1 N–H and O–H groups in total. The Hall–Kier alpha value is -3.93. The highest BCUT2D eigenvalue weighted by Gasteiger charge is 2.28. The number of halogens is 1. The minimum absolute atomic E-state index is 0.0624. The van der Waals surface area contributed by atoms with E-state index >= 15 is 0 Å². The minimum atomic E-state index is -1.13. The molecular weight excluding hydrogens is 414 g/mol. The summed E-state index contributed by atoms with van der Waals surface area (Å²) in [7, 11) is 0. The van der Waals surface area contributed by atoms with E-state index in [0.717, 1.165) is 24.3 Å². The van der Waals surface area contributed by atoms with Crippen LogP contribution in [0.5, 0.6) is 11.5 Å². The van der Waals surface area contributed by atoms with E-state index in [1.165, 1.54) is 6.07 Å². The number of non-ortho nitro benzene ring substituents is 1. The fourth-order valence-electron chi connectivity index (χ4n) is 2.36. The summed E-state index contributed by atoms with van der Waals surface area (Å²) < 4.78 is 14.9. The van der Waals surface area contributed by atoms with Crippen molar-refractivity contribution in [1.29, 1.82) is 0 Å². The van der Waals surface area contributed by atoms with Crippen LogP contribution in [0.4, 0.5) is 17.1 Å². The summed E-state index contributed by atoms with van der Waals surface area (Å²) in [6.07, 6.45) is 0. The number of ether oxygens (including phenoxy) is 3. The maximum Gasteiger partial charge on any atom is 0.345 e. The van der Waals surface area contributed by atoms with E-state index in [9.17, 15) is 29.8 Å². The highest BCUT2D eigenvalue weighted by molar-refractivity contribution is 6.34. The molecule has 1 aliphatic heterocycles. The van der Waals surface area contributed by atoms with Crippen LogP contribution in [0.15, 0.2) is 30.3 Å². The second-order valence-electron chi connectivity index (χ2n) is 5.53. The second-order valence-corrected chi connectivity index (χ2v) is 5.93. The van der Waals surface area contributed by atoms with E-state index in [2.05, 4.69) is 5.32 Å². The van der Waals surface area contributed by atoms with Crippen LogP contribution >= 0.6 is 11.6 Å². The number of anilines is 1. The van der Waals surface area contributed by atoms with Crippen LogP contribution < -0.4 is 14.8 Å². The van der Waals surface area contributed by atoms with Gasteiger partial charge in [-0.15, -0.1) is 0 Å². The zero-order valence-corrected chi connectivity index (χ0v) is 15.0. The van der Waals surface area contributed by atoms with Crippen LogP contribution in [-0.4, -0.2) is 35.1 Å². The number of hydrogen-bond acceptors (Lipinski definition) is 9. The van der Waals surface area contributed by atoms with E-state index in [4.69, 9.17) is 25.8 Å². The third-order valence-corrected chi connectivity index (χ3v) is 3.99. The predicted octanol–water partition coefficient (Wildman–Crippen LogP) is 2.68. The van der Waals surface area contributed by atoms with Crippen LogP contribution in [0, 0.1) is 20.2 Å². The topological polar surface area (TPSA) is 160 Å². The molecule has 2 aromatic carbocycles. The van der Waals surface area contributed by atoms with E-state index in [0.29, 0.717) is 0 Å². The zero-order valence-electron chi connectivity index (χ0n) is 14.2. The maximum atomic E-state index is 12.2. The molecule has 150 valence electrons. The van der Waals surface area contributed by atoms with Crippen LogP contribution in [0.1, 0.15) is 10.4 Å². The van der Waals surface area contributed by atoms with Crippen molar-refractivity contribution in [2.75, 3.05) is 18.7 Å². The monoisotopic (exact) mass is 423 g/mol. The van der Waals surface area contributed by atoms with Crippen LogP contribution in [0.2, 0.25) is 5.02 Å². The molecule has 0 unspecified atom stereocenters. The van der Waals surface area contributed by atoms with Crippen molar-refractivity contribution in [3.63, 3.8) is 0 Å². The predicted molar refractivity (Wildman–Crippen MR) is 96.2 cm³/mol. The molecule has 0 atom stereocenters. The van der Waals surface area contributed by atoms with Gasteiger partial charge < -0.3 is 19.5 Å². The first-order valence-corrected chi connectivity index (χ1v) is 8.13. The van der Waals surface area contributed by atoms with Gasteiger partial charge in [-0.25, -0.2) is 4.79 Å². The molecule has 0 fully saturated rings. The molecule has 0 aromatic heterocycles. The van der Waals surface area contributed by atoms with Crippen molar-refractivity contribution >= 4 is 40.5 Å². The van der Waals surface area contributed by atoms with Gasteiger partial charge in [0.05, 0.1) is 26.6 Å². The lowest BCUT2D eigenvalue weighted by molar-refractivity contribution is -0.385. The summed E-state index contributed by atoms with van der Waals surface area (Å²) in [6, 6.07) is 5.50. The van der Waals surface area contributed by atoms with Crippen molar-refractivity contribution in [3.8, 4) is 11.5 Å². The summed E-state index contributed by atoms with van der Waals surface area (Å²) in [6.45, 7) is -0.929. The van der Waals surface area contributed by atoms with Crippen LogP contribution in [0.25, 0.3) is 0 Å². The molecule has 0 saturated heterocycles. The Morgan fingerprint density at radius 3 is 2.41 bits per heavy atom. The lowest BCUT2D eigenvalue weighted by atomic mass is 10.1. The van der Waals surface area contributed by atoms with Gasteiger partial charge in [0, 0.05) is 18.2 Å². The van der Waals surface area contributed by atoms with Crippen molar-refractivity contribution < 1.29 is 33.6 Å². The van der Waals surface area contributed by atoms with Crippen molar-refractivity contribution in [1.82, 2.24) is 0 Å². The Bertz CT molecular complexity index is 1040. The fourth-order valence-corrected chi connectivity index (χ4v) is 2.58. The molecule has 29 heavy (non-hydrogen) atoms. The number of carbonyl (C=O) groups is 2. The fraction of sp³-hybridized carbons (Fsp3) is 0.125. The Kier molecular flexibility index (Phi) is 5.45. The van der Waals surface area contributed by atoms with Crippen molar-refractivity contribution in [2.24, 2.45) is 0 Å². The summed E-state index contributed by atoms with van der Waals surface area (Å²) in [5.41, 5.74) is -1.19. The molecule has 12 nitrogen and oxygen atoms in total. The number of amides is 1. The number of nitro groups is 2. The minimum Gasteiger partial charge on any atom is -0.454 e. The number of esters is 1. The number of carbonyl (C=O) groups excluding carboxylic acids is 2. The van der Waals surface area contributed by atoms with E-state index in [-0.39, 0.29) is 34.7 Å². The molecule has 3 rings (SSSR count). The average Bonchev–Trinajstić information content (AvgIpc) is 3.14. The first-order valence-electron chi connectivity index (χ1n) is 7.75. The summed E-state index contributed by atoms with van der Waals surface area (Å²) >= 11 is 5.86. The quantitative estimate of drug-likeness (QED) is 0.418. The summed E-state index contributed by atoms with van der Waals surface area (Å²) in [4.78, 5) is 44.6. The number of nitrogens with one attached hydrogen (secondary N) is 1. The third kappa shape index (κ3) is 4.32. The highest BCUT2D eigenvalue weighted by atomic mass is 35.5. The second kappa shape index (κ2) is 7.98. The van der Waals surface area contributed by atoms with Gasteiger partial charge in [0.2, 0.25) is 6.79 Å². The third-order valence-electron chi connectivity index (χ3n) is 3.68. The zero-order chi connectivity index (χ0) is 21.1. The number of nitrogens with zero attached hydrogens (tertiary/aromatic N) is 2. The van der Waals surface area contributed by atoms with Gasteiger partial charge >= 0.3 is 5.97 Å². The van der Waals surface area contributed by atoms with E-state index in [1.807, 2.05) is 0 Å². The average molecular weight is 424 g/mol. The molecule has 2 aromatic rings. The maximum absolute atomic E-state index is 12.2. The molecule has 0 saturated carbocycles. The van der Waals surface area contributed by atoms with Gasteiger partial charge in [-0.1, -0.05) is 11.6 Å². The summed E-state index contributed by atoms with van der Waals surface area (Å²) in [5.74, 6) is -1.69. The van der Waals surface area contributed by atoms with Gasteiger partial charge in [-0.3, -0.25) is 25.0 Å². The molecule has 1 heterocycles. The number of fused-ring (bicyclic) bond motifs is 1. The highest BCUT2D eigenvalue weighted by Crippen LogP contribution is 2.38. The Morgan fingerprint density at radius 1 is 1.10 bits per heavy atom. The lowest BCUT2D eigenvalue weighted by Crippen LogP contribution is -2.21. The first kappa shape index (κ1) is 19.8. The van der Waals surface area contributed by atoms with Gasteiger partial charge in [0.1, 0.15) is 5.56 Å². The Balaban J connectivity index is 1.67. The first-order chi connectivity index (χ1) is 13.8. The van der Waals surface area contributed by atoms with Crippen LogP contribution in [-0.2, 0) is 9.53 Å². The molecular formula is C16H10ClN3O9. The number of rotatable bonds is 6. The van der Waals surface area contributed by atoms with E-state index < -0.39 is 39.6 Å². The van der Waals surface area contributed by atoms with Crippen molar-refractivity contribution in [3.05, 3.63) is 61.1 Å². The molecule has 1 amide bonds. The molecule has 0 spiro atoms. The molecule has 0 aliphatic carbocycles. The standard InChI is InChI=1S/C16H10ClN3O9/c17-10-3-8(19(23)24)1-2-11(10)18-15(21)6-27-16(22)9-4-13-14(29-7-28-13)5-12(9)20(25)26/h1-5H,6-7H2,(H,18,21). The largest absolute Gasteiger partial charge is 0.454 e. The molecule has 13 heteroatoms. The van der Waals surface area contributed by atoms with E-state index in [1.54, 1.807) is 0 Å².